The fourth-order valence-electron chi connectivity index (χ4n) is 2.21. The minimum absolute atomic E-state index is 0.0831. The second kappa shape index (κ2) is 7.49. The van der Waals surface area contributed by atoms with Gasteiger partial charge >= 0.3 is 0 Å². The quantitative estimate of drug-likeness (QED) is 0.821. The molecule has 0 spiro atoms. The van der Waals surface area contributed by atoms with Gasteiger partial charge in [-0.2, -0.15) is 0 Å². The molecule has 0 amide bonds. The average molecular weight is 264 g/mol. The maximum absolute atomic E-state index is 9.38. The normalized spacial score (nSPS) is 11.4. The molecule has 3 nitrogen and oxygen atoms in total. The highest BCUT2D eigenvalue weighted by molar-refractivity contribution is 5.43. The number of aliphatic hydroxyl groups excluding tert-OH is 1. The van der Waals surface area contributed by atoms with E-state index in [1.165, 1.54) is 0 Å². The standard InChI is InChI=1S/C16H28N2O/c1-6-15-7-14(11-19)8-16(17-15)18(9-12(2)3)10-13(4)5/h7-8,12-13,19H,6,9-11H2,1-5H3. The first-order valence-corrected chi connectivity index (χ1v) is 7.31. The molecule has 1 aromatic heterocycles. The van der Waals surface area contributed by atoms with Crippen molar-refractivity contribution in [1.29, 1.82) is 0 Å². The maximum Gasteiger partial charge on any atom is 0.129 e. The van der Waals surface area contributed by atoms with Crippen LogP contribution >= 0.6 is 0 Å². The third kappa shape index (κ3) is 5.19. The fraction of sp³-hybridized carbons (Fsp3) is 0.688. The molecule has 0 saturated carbocycles. The van der Waals surface area contributed by atoms with E-state index in [-0.39, 0.29) is 6.61 Å². The summed E-state index contributed by atoms with van der Waals surface area (Å²) in [4.78, 5) is 7.06. The predicted molar refractivity (Wildman–Crippen MR) is 81.4 cm³/mol. The summed E-state index contributed by atoms with van der Waals surface area (Å²) >= 11 is 0. The van der Waals surface area contributed by atoms with E-state index in [9.17, 15) is 5.11 Å². The monoisotopic (exact) mass is 264 g/mol. The van der Waals surface area contributed by atoms with Crippen molar-refractivity contribution >= 4 is 5.82 Å². The molecule has 3 heteroatoms. The Hall–Kier alpha value is -1.09. The summed E-state index contributed by atoms with van der Waals surface area (Å²) in [6, 6.07) is 4.01. The van der Waals surface area contributed by atoms with Gasteiger partial charge in [0.15, 0.2) is 0 Å². The first kappa shape index (κ1) is 16.0. The maximum atomic E-state index is 9.38. The van der Waals surface area contributed by atoms with Crippen molar-refractivity contribution in [3.05, 3.63) is 23.4 Å². The Labute approximate surface area is 117 Å². The molecule has 0 aliphatic carbocycles. The summed E-state index contributed by atoms with van der Waals surface area (Å²) in [6.45, 7) is 13.1. The molecule has 0 bridgehead atoms. The van der Waals surface area contributed by atoms with Crippen LogP contribution in [0.1, 0.15) is 45.9 Å². The number of aromatic nitrogens is 1. The number of nitrogens with zero attached hydrogens (tertiary/aromatic N) is 2. The largest absolute Gasteiger partial charge is 0.392 e. The lowest BCUT2D eigenvalue weighted by molar-refractivity contribution is 0.281. The predicted octanol–water partition coefficient (Wildman–Crippen LogP) is 3.25. The van der Waals surface area contributed by atoms with Crippen LogP contribution in [0.2, 0.25) is 0 Å². The zero-order chi connectivity index (χ0) is 14.4. The van der Waals surface area contributed by atoms with Gasteiger partial charge in [-0.1, -0.05) is 34.6 Å². The van der Waals surface area contributed by atoms with Crippen molar-refractivity contribution in [2.75, 3.05) is 18.0 Å². The van der Waals surface area contributed by atoms with Gasteiger partial charge in [-0.05, 0) is 36.0 Å². The molecule has 0 unspecified atom stereocenters. The molecule has 0 radical (unpaired) electrons. The summed E-state index contributed by atoms with van der Waals surface area (Å²) < 4.78 is 0. The van der Waals surface area contributed by atoms with E-state index in [1.54, 1.807) is 0 Å². The number of anilines is 1. The second-order valence-corrected chi connectivity index (χ2v) is 6.03. The summed E-state index contributed by atoms with van der Waals surface area (Å²) in [5.74, 6) is 2.21. The lowest BCUT2D eigenvalue weighted by Crippen LogP contribution is -2.32. The first-order chi connectivity index (χ1) is 8.96. The molecule has 1 heterocycles. The number of aryl methyl sites for hydroxylation is 1. The minimum atomic E-state index is 0.0831. The van der Waals surface area contributed by atoms with Gasteiger partial charge < -0.3 is 10.0 Å². The molecule has 1 aromatic rings. The van der Waals surface area contributed by atoms with Gasteiger partial charge in [-0.3, -0.25) is 0 Å². The van der Waals surface area contributed by atoms with Gasteiger partial charge in [0.25, 0.3) is 0 Å². The van der Waals surface area contributed by atoms with Crippen LogP contribution in [0.15, 0.2) is 12.1 Å². The highest BCUT2D eigenvalue weighted by atomic mass is 16.3. The van der Waals surface area contributed by atoms with E-state index in [0.29, 0.717) is 11.8 Å². The van der Waals surface area contributed by atoms with E-state index >= 15 is 0 Å². The van der Waals surface area contributed by atoms with Crippen LogP contribution in [-0.4, -0.2) is 23.2 Å². The third-order valence-corrected chi connectivity index (χ3v) is 2.96. The second-order valence-electron chi connectivity index (χ2n) is 6.03. The minimum Gasteiger partial charge on any atom is -0.392 e. The van der Waals surface area contributed by atoms with E-state index in [1.807, 2.05) is 12.1 Å². The molecular weight excluding hydrogens is 236 g/mol. The van der Waals surface area contributed by atoms with Crippen LogP contribution in [0.25, 0.3) is 0 Å². The SMILES string of the molecule is CCc1cc(CO)cc(N(CC(C)C)CC(C)C)n1. The molecule has 0 saturated heterocycles. The van der Waals surface area contributed by atoms with Crippen LogP contribution in [0, 0.1) is 11.8 Å². The molecular formula is C16H28N2O. The van der Waals surface area contributed by atoms with Crippen LogP contribution in [0.4, 0.5) is 5.82 Å². The Kier molecular flexibility index (Phi) is 6.29. The molecule has 1 N–H and O–H groups in total. The summed E-state index contributed by atoms with van der Waals surface area (Å²) in [5, 5.41) is 9.38. The molecule has 108 valence electrons. The fourth-order valence-corrected chi connectivity index (χ4v) is 2.21. The Bertz CT molecular complexity index is 356. The van der Waals surface area contributed by atoms with E-state index in [0.717, 1.165) is 36.6 Å². The number of hydrogen-bond donors (Lipinski definition) is 1. The first-order valence-electron chi connectivity index (χ1n) is 7.31. The van der Waals surface area contributed by atoms with Gasteiger partial charge in [0.05, 0.1) is 6.61 Å². The van der Waals surface area contributed by atoms with Crippen molar-refractivity contribution in [3.63, 3.8) is 0 Å². The number of aliphatic hydroxyl groups is 1. The van der Waals surface area contributed by atoms with Crippen LogP contribution in [0.3, 0.4) is 0 Å². The van der Waals surface area contributed by atoms with Crippen LogP contribution in [-0.2, 0) is 13.0 Å². The smallest absolute Gasteiger partial charge is 0.129 e. The third-order valence-electron chi connectivity index (χ3n) is 2.96. The summed E-state index contributed by atoms with van der Waals surface area (Å²) in [7, 11) is 0. The molecule has 0 atom stereocenters. The van der Waals surface area contributed by atoms with E-state index in [4.69, 9.17) is 4.98 Å². The zero-order valence-corrected chi connectivity index (χ0v) is 13.0. The van der Waals surface area contributed by atoms with E-state index < -0.39 is 0 Å². The topological polar surface area (TPSA) is 36.4 Å². The molecule has 0 aliphatic rings. The van der Waals surface area contributed by atoms with E-state index in [2.05, 4.69) is 39.5 Å². The van der Waals surface area contributed by atoms with Gasteiger partial charge in [-0.25, -0.2) is 4.98 Å². The molecule has 0 fully saturated rings. The highest BCUT2D eigenvalue weighted by Gasteiger charge is 2.13. The lowest BCUT2D eigenvalue weighted by atomic mass is 10.1. The Balaban J connectivity index is 3.05. The molecule has 19 heavy (non-hydrogen) atoms. The van der Waals surface area contributed by atoms with Crippen molar-refractivity contribution < 1.29 is 5.11 Å². The van der Waals surface area contributed by atoms with Crippen molar-refractivity contribution in [2.45, 2.75) is 47.6 Å². The summed E-state index contributed by atoms with van der Waals surface area (Å²) in [5.41, 5.74) is 2.01. The molecule has 0 aliphatic heterocycles. The zero-order valence-electron chi connectivity index (χ0n) is 13.0. The number of hydrogen-bond acceptors (Lipinski definition) is 3. The van der Waals surface area contributed by atoms with Gasteiger partial charge in [0, 0.05) is 18.8 Å². The van der Waals surface area contributed by atoms with Crippen molar-refractivity contribution in [2.24, 2.45) is 11.8 Å². The molecule has 0 aromatic carbocycles. The van der Waals surface area contributed by atoms with Crippen molar-refractivity contribution in [3.8, 4) is 0 Å². The Morgan fingerprint density at radius 2 is 1.68 bits per heavy atom. The van der Waals surface area contributed by atoms with Crippen molar-refractivity contribution in [1.82, 2.24) is 4.98 Å². The van der Waals surface area contributed by atoms with Gasteiger partial charge in [0.1, 0.15) is 5.82 Å². The van der Waals surface area contributed by atoms with Gasteiger partial charge in [0.2, 0.25) is 0 Å². The average Bonchev–Trinajstić information content (AvgIpc) is 2.36. The Morgan fingerprint density at radius 3 is 2.11 bits per heavy atom. The summed E-state index contributed by atoms with van der Waals surface area (Å²) in [6.07, 6.45) is 0.901. The highest BCUT2D eigenvalue weighted by Crippen LogP contribution is 2.18. The molecule has 1 rings (SSSR count). The Morgan fingerprint density at radius 1 is 1.11 bits per heavy atom. The van der Waals surface area contributed by atoms with Gasteiger partial charge in [-0.15, -0.1) is 0 Å². The number of rotatable bonds is 7. The van der Waals surface area contributed by atoms with Crippen LogP contribution < -0.4 is 4.90 Å². The lowest BCUT2D eigenvalue weighted by Gasteiger charge is -2.28. The number of pyridine rings is 1. The van der Waals surface area contributed by atoms with Crippen LogP contribution in [0.5, 0.6) is 0 Å².